The van der Waals surface area contributed by atoms with Crippen molar-refractivity contribution in [3.8, 4) is 17.2 Å². The third-order valence-electron chi connectivity index (χ3n) is 3.99. The molecule has 3 rings (SSSR count). The minimum Gasteiger partial charge on any atom is -0.490 e. The SMILES string of the molecule is COc1ccc(-c2nc(C3(N)CCCC3)no2)cc1[N+](=O)[O-].Cl. The van der Waals surface area contributed by atoms with E-state index >= 15 is 0 Å². The van der Waals surface area contributed by atoms with E-state index in [1.807, 2.05) is 0 Å². The molecule has 0 spiro atoms. The van der Waals surface area contributed by atoms with Crippen LogP contribution >= 0.6 is 12.4 Å². The fourth-order valence-corrected chi connectivity index (χ4v) is 2.74. The first-order valence-electron chi connectivity index (χ1n) is 6.99. The number of halogens is 1. The zero-order valence-corrected chi connectivity index (χ0v) is 13.3. The van der Waals surface area contributed by atoms with Gasteiger partial charge in [-0.2, -0.15) is 4.98 Å². The number of rotatable bonds is 4. The van der Waals surface area contributed by atoms with E-state index in [4.69, 9.17) is 15.0 Å². The van der Waals surface area contributed by atoms with Gasteiger partial charge in [-0.3, -0.25) is 10.1 Å². The Balaban J connectivity index is 0.00000192. The molecule has 2 aromatic rings. The van der Waals surface area contributed by atoms with E-state index in [1.54, 1.807) is 6.07 Å². The Morgan fingerprint density at radius 2 is 2.09 bits per heavy atom. The average molecular weight is 341 g/mol. The second-order valence-corrected chi connectivity index (χ2v) is 5.43. The Morgan fingerprint density at radius 1 is 1.39 bits per heavy atom. The lowest BCUT2D eigenvalue weighted by molar-refractivity contribution is -0.385. The zero-order valence-electron chi connectivity index (χ0n) is 12.5. The topological polar surface area (TPSA) is 117 Å². The van der Waals surface area contributed by atoms with Crippen molar-refractivity contribution >= 4 is 18.1 Å². The lowest BCUT2D eigenvalue weighted by atomic mass is 9.99. The Morgan fingerprint density at radius 3 is 2.70 bits per heavy atom. The highest BCUT2D eigenvalue weighted by molar-refractivity contribution is 5.85. The normalized spacial score (nSPS) is 15.9. The number of methoxy groups -OCH3 is 1. The predicted octanol–water partition coefficient (Wildman–Crippen LogP) is 2.80. The molecule has 0 amide bonds. The summed E-state index contributed by atoms with van der Waals surface area (Å²) < 4.78 is 10.2. The number of ether oxygens (including phenoxy) is 1. The Kier molecular flexibility index (Phi) is 4.86. The van der Waals surface area contributed by atoms with Gasteiger partial charge in [-0.25, -0.2) is 0 Å². The van der Waals surface area contributed by atoms with Gasteiger partial charge in [-0.05, 0) is 25.0 Å². The molecule has 1 heterocycles. The minimum absolute atomic E-state index is 0. The van der Waals surface area contributed by atoms with Crippen LogP contribution in [-0.4, -0.2) is 22.2 Å². The molecule has 9 heteroatoms. The number of hydrogen-bond donors (Lipinski definition) is 1. The maximum absolute atomic E-state index is 11.1. The number of hydrogen-bond acceptors (Lipinski definition) is 7. The van der Waals surface area contributed by atoms with Crippen molar-refractivity contribution in [1.82, 2.24) is 10.1 Å². The van der Waals surface area contributed by atoms with Gasteiger partial charge in [0.15, 0.2) is 11.6 Å². The van der Waals surface area contributed by atoms with Crippen molar-refractivity contribution in [2.75, 3.05) is 7.11 Å². The van der Waals surface area contributed by atoms with Gasteiger partial charge in [0.25, 0.3) is 5.89 Å². The molecule has 1 aliphatic rings. The standard InChI is InChI=1S/C14H16N4O4.ClH/c1-21-11-5-4-9(8-10(11)18(19)20)12-16-13(17-22-12)14(15)6-2-3-7-14;/h4-5,8H,2-3,6-7,15H2,1H3;1H. The third kappa shape index (κ3) is 3.13. The molecular formula is C14H17ClN4O4. The molecule has 0 atom stereocenters. The molecule has 2 N–H and O–H groups in total. The van der Waals surface area contributed by atoms with Gasteiger partial charge in [-0.1, -0.05) is 18.0 Å². The number of nitrogens with two attached hydrogens (primary N) is 1. The summed E-state index contributed by atoms with van der Waals surface area (Å²) in [4.78, 5) is 14.9. The van der Waals surface area contributed by atoms with Crippen LogP contribution in [0.15, 0.2) is 22.7 Å². The van der Waals surface area contributed by atoms with Crippen LogP contribution in [0.3, 0.4) is 0 Å². The Labute approximate surface area is 138 Å². The number of aromatic nitrogens is 2. The Bertz CT molecular complexity index is 713. The van der Waals surface area contributed by atoms with Crippen molar-refractivity contribution in [2.45, 2.75) is 31.2 Å². The van der Waals surface area contributed by atoms with E-state index in [2.05, 4.69) is 10.1 Å². The predicted molar refractivity (Wildman–Crippen MR) is 84.5 cm³/mol. The van der Waals surface area contributed by atoms with Gasteiger partial charge in [0.2, 0.25) is 0 Å². The summed E-state index contributed by atoms with van der Waals surface area (Å²) in [6, 6.07) is 4.50. The summed E-state index contributed by atoms with van der Waals surface area (Å²) in [6.07, 6.45) is 3.70. The highest BCUT2D eigenvalue weighted by Crippen LogP contribution is 2.36. The van der Waals surface area contributed by atoms with Gasteiger partial charge in [0, 0.05) is 11.6 Å². The molecule has 1 aliphatic carbocycles. The number of nitro benzene ring substituents is 1. The van der Waals surface area contributed by atoms with Crippen LogP contribution in [0.25, 0.3) is 11.5 Å². The molecular weight excluding hydrogens is 324 g/mol. The van der Waals surface area contributed by atoms with E-state index in [-0.39, 0.29) is 29.7 Å². The van der Waals surface area contributed by atoms with Crippen LogP contribution in [0.2, 0.25) is 0 Å². The first-order valence-corrected chi connectivity index (χ1v) is 6.99. The molecule has 1 aromatic carbocycles. The first kappa shape index (κ1) is 17.2. The average Bonchev–Trinajstić information content (AvgIpc) is 3.16. The summed E-state index contributed by atoms with van der Waals surface area (Å²) in [7, 11) is 1.38. The first-order chi connectivity index (χ1) is 10.5. The van der Waals surface area contributed by atoms with Crippen LogP contribution in [0.1, 0.15) is 31.5 Å². The largest absolute Gasteiger partial charge is 0.490 e. The highest BCUT2D eigenvalue weighted by Gasteiger charge is 2.36. The lowest BCUT2D eigenvalue weighted by Crippen LogP contribution is -2.34. The molecule has 0 saturated heterocycles. The quantitative estimate of drug-likeness (QED) is 0.671. The van der Waals surface area contributed by atoms with Crippen molar-refractivity contribution in [3.63, 3.8) is 0 Å². The maximum Gasteiger partial charge on any atom is 0.311 e. The van der Waals surface area contributed by atoms with Crippen molar-refractivity contribution in [1.29, 1.82) is 0 Å². The Hall–Kier alpha value is -2.19. The van der Waals surface area contributed by atoms with Gasteiger partial charge >= 0.3 is 5.69 Å². The van der Waals surface area contributed by atoms with E-state index in [0.29, 0.717) is 11.4 Å². The number of nitro groups is 1. The fraction of sp³-hybridized carbons (Fsp3) is 0.429. The molecule has 23 heavy (non-hydrogen) atoms. The van der Waals surface area contributed by atoms with Gasteiger partial charge in [0.05, 0.1) is 17.6 Å². The zero-order chi connectivity index (χ0) is 15.7. The molecule has 124 valence electrons. The monoisotopic (exact) mass is 340 g/mol. The smallest absolute Gasteiger partial charge is 0.311 e. The third-order valence-corrected chi connectivity index (χ3v) is 3.99. The van der Waals surface area contributed by atoms with Crippen LogP contribution in [0.5, 0.6) is 5.75 Å². The minimum atomic E-state index is -0.555. The lowest BCUT2D eigenvalue weighted by Gasteiger charge is -2.17. The van der Waals surface area contributed by atoms with E-state index < -0.39 is 10.5 Å². The fourth-order valence-electron chi connectivity index (χ4n) is 2.74. The van der Waals surface area contributed by atoms with Crippen molar-refractivity contribution < 1.29 is 14.2 Å². The van der Waals surface area contributed by atoms with Crippen LogP contribution in [0.4, 0.5) is 5.69 Å². The van der Waals surface area contributed by atoms with E-state index in [1.165, 1.54) is 19.2 Å². The van der Waals surface area contributed by atoms with Gasteiger partial charge < -0.3 is 15.0 Å². The molecule has 8 nitrogen and oxygen atoms in total. The second-order valence-electron chi connectivity index (χ2n) is 5.43. The van der Waals surface area contributed by atoms with Gasteiger partial charge in [-0.15, -0.1) is 12.4 Å². The van der Waals surface area contributed by atoms with Gasteiger partial charge in [0.1, 0.15) is 0 Å². The number of benzene rings is 1. The summed E-state index contributed by atoms with van der Waals surface area (Å²) in [5.41, 5.74) is 6.04. The number of nitrogens with zero attached hydrogens (tertiary/aromatic N) is 3. The molecule has 0 unspecified atom stereocenters. The van der Waals surface area contributed by atoms with Crippen LogP contribution in [-0.2, 0) is 5.54 Å². The molecule has 1 saturated carbocycles. The van der Waals surface area contributed by atoms with Crippen molar-refractivity contribution in [3.05, 3.63) is 34.1 Å². The molecule has 0 aliphatic heterocycles. The summed E-state index contributed by atoms with van der Waals surface area (Å²) in [5, 5.41) is 15.0. The molecule has 1 fully saturated rings. The van der Waals surface area contributed by atoms with Crippen LogP contribution in [0, 0.1) is 10.1 Å². The van der Waals surface area contributed by atoms with E-state index in [9.17, 15) is 10.1 Å². The molecule has 1 aromatic heterocycles. The van der Waals surface area contributed by atoms with Crippen molar-refractivity contribution in [2.24, 2.45) is 5.73 Å². The summed E-state index contributed by atoms with van der Waals surface area (Å²) in [5.74, 6) is 0.857. The summed E-state index contributed by atoms with van der Waals surface area (Å²) >= 11 is 0. The van der Waals surface area contributed by atoms with Crippen LogP contribution < -0.4 is 10.5 Å². The maximum atomic E-state index is 11.1. The molecule has 0 bridgehead atoms. The summed E-state index contributed by atoms with van der Waals surface area (Å²) in [6.45, 7) is 0. The van der Waals surface area contributed by atoms with E-state index in [0.717, 1.165) is 25.7 Å². The highest BCUT2D eigenvalue weighted by atomic mass is 35.5. The molecule has 0 radical (unpaired) electrons. The second kappa shape index (κ2) is 6.51.